The number of hydrazine groups is 1. The van der Waals surface area contributed by atoms with E-state index in [0.29, 0.717) is 10.9 Å². The van der Waals surface area contributed by atoms with Crippen LogP contribution in [0, 0.1) is 20.8 Å². The normalized spacial score (nSPS) is 10.1. The van der Waals surface area contributed by atoms with Crippen molar-refractivity contribution in [2.75, 3.05) is 11.1 Å². The van der Waals surface area contributed by atoms with E-state index in [4.69, 9.17) is 12.2 Å². The van der Waals surface area contributed by atoms with Gasteiger partial charge >= 0.3 is 0 Å². The van der Waals surface area contributed by atoms with Crippen LogP contribution < -0.4 is 16.2 Å². The third-order valence-corrected chi connectivity index (χ3v) is 4.78. The smallest absolute Gasteiger partial charge is 0.248 e. The van der Waals surface area contributed by atoms with Crippen LogP contribution in [0.3, 0.4) is 0 Å². The van der Waals surface area contributed by atoms with Gasteiger partial charge in [-0.1, -0.05) is 29.8 Å². The van der Waals surface area contributed by atoms with Crippen LogP contribution in [0.25, 0.3) is 0 Å². The molecule has 0 aromatic heterocycles. The van der Waals surface area contributed by atoms with Crippen molar-refractivity contribution in [3.05, 3.63) is 59.2 Å². The van der Waals surface area contributed by atoms with E-state index in [1.807, 2.05) is 63.2 Å². The molecule has 2 aromatic rings. The molecule has 2 rings (SSSR count). The molecule has 0 heterocycles. The van der Waals surface area contributed by atoms with Gasteiger partial charge < -0.3 is 5.32 Å². The SMILES string of the molecule is Cc1ccc(SCC(=O)NNC(=S)Nc2cccc(C)c2C)cc1. The second-order valence-electron chi connectivity index (χ2n) is 5.48. The fraction of sp³-hybridized carbons (Fsp3) is 0.222. The predicted molar refractivity (Wildman–Crippen MR) is 105 cm³/mol. The fourth-order valence-electron chi connectivity index (χ4n) is 1.99. The maximum absolute atomic E-state index is 11.9. The summed E-state index contributed by atoms with van der Waals surface area (Å²) in [5, 5.41) is 3.44. The molecule has 0 aliphatic heterocycles. The van der Waals surface area contributed by atoms with E-state index in [9.17, 15) is 4.79 Å². The Morgan fingerprint density at radius 2 is 1.75 bits per heavy atom. The molecular weight excluding hydrogens is 338 g/mol. The Kier molecular flexibility index (Phi) is 6.63. The average molecular weight is 360 g/mol. The molecule has 0 atom stereocenters. The molecule has 0 unspecified atom stereocenters. The van der Waals surface area contributed by atoms with Gasteiger partial charge in [-0.15, -0.1) is 11.8 Å². The maximum Gasteiger partial charge on any atom is 0.248 e. The first-order chi connectivity index (χ1) is 11.5. The van der Waals surface area contributed by atoms with Gasteiger partial charge in [-0.3, -0.25) is 15.6 Å². The molecule has 0 bridgehead atoms. The van der Waals surface area contributed by atoms with Gasteiger partial charge in [0.1, 0.15) is 0 Å². The summed E-state index contributed by atoms with van der Waals surface area (Å²) in [5.74, 6) is 0.188. The topological polar surface area (TPSA) is 53.2 Å². The number of aryl methyl sites for hydroxylation is 2. The number of thioether (sulfide) groups is 1. The molecule has 0 aliphatic carbocycles. The van der Waals surface area contributed by atoms with E-state index in [1.54, 1.807) is 0 Å². The molecule has 126 valence electrons. The lowest BCUT2D eigenvalue weighted by molar-refractivity contribution is -0.119. The number of hydrogen-bond acceptors (Lipinski definition) is 3. The number of rotatable bonds is 4. The molecule has 1 amide bonds. The molecule has 0 fully saturated rings. The van der Waals surface area contributed by atoms with Crippen LogP contribution in [0.1, 0.15) is 16.7 Å². The van der Waals surface area contributed by atoms with Crippen molar-refractivity contribution < 1.29 is 4.79 Å². The molecule has 2 aromatic carbocycles. The summed E-state index contributed by atoms with van der Waals surface area (Å²) in [7, 11) is 0. The van der Waals surface area contributed by atoms with Gasteiger partial charge in [0.25, 0.3) is 0 Å². The first kappa shape index (κ1) is 18.3. The Morgan fingerprint density at radius 1 is 1.04 bits per heavy atom. The van der Waals surface area contributed by atoms with Crippen molar-refractivity contribution in [1.29, 1.82) is 0 Å². The van der Waals surface area contributed by atoms with Gasteiger partial charge in [0.2, 0.25) is 5.91 Å². The zero-order valence-corrected chi connectivity index (χ0v) is 15.6. The number of anilines is 1. The molecule has 3 N–H and O–H groups in total. The minimum Gasteiger partial charge on any atom is -0.331 e. The number of amides is 1. The maximum atomic E-state index is 11.9. The number of thiocarbonyl (C=S) groups is 1. The van der Waals surface area contributed by atoms with Crippen molar-refractivity contribution in [2.45, 2.75) is 25.7 Å². The largest absolute Gasteiger partial charge is 0.331 e. The third kappa shape index (κ3) is 5.54. The molecule has 4 nitrogen and oxygen atoms in total. The Morgan fingerprint density at radius 3 is 2.46 bits per heavy atom. The summed E-state index contributed by atoms with van der Waals surface area (Å²) in [6.07, 6.45) is 0. The Balaban J connectivity index is 1.75. The van der Waals surface area contributed by atoms with Gasteiger partial charge in [-0.2, -0.15) is 0 Å². The highest BCUT2D eigenvalue weighted by Gasteiger charge is 2.05. The molecule has 0 radical (unpaired) electrons. The first-order valence-electron chi connectivity index (χ1n) is 7.57. The zero-order valence-electron chi connectivity index (χ0n) is 14.0. The fourth-order valence-corrected chi connectivity index (χ4v) is 2.85. The van der Waals surface area contributed by atoms with E-state index >= 15 is 0 Å². The summed E-state index contributed by atoms with van der Waals surface area (Å²) in [6.45, 7) is 6.10. The molecular formula is C18H21N3OS2. The van der Waals surface area contributed by atoms with Crippen LogP contribution in [0.2, 0.25) is 0 Å². The van der Waals surface area contributed by atoms with Crippen LogP contribution in [-0.2, 0) is 4.79 Å². The van der Waals surface area contributed by atoms with E-state index in [-0.39, 0.29) is 5.91 Å². The molecule has 0 saturated heterocycles. The van der Waals surface area contributed by atoms with E-state index in [0.717, 1.165) is 16.1 Å². The highest BCUT2D eigenvalue weighted by molar-refractivity contribution is 8.00. The molecule has 0 aliphatic rings. The van der Waals surface area contributed by atoms with Crippen LogP contribution in [0.15, 0.2) is 47.4 Å². The molecule has 6 heteroatoms. The monoisotopic (exact) mass is 359 g/mol. The molecule has 24 heavy (non-hydrogen) atoms. The summed E-state index contributed by atoms with van der Waals surface area (Å²) in [6, 6.07) is 14.0. The lowest BCUT2D eigenvalue weighted by Crippen LogP contribution is -2.44. The van der Waals surface area contributed by atoms with Gasteiger partial charge in [0.15, 0.2) is 5.11 Å². The Hall–Kier alpha value is -2.05. The van der Waals surface area contributed by atoms with E-state index in [1.165, 1.54) is 22.9 Å². The van der Waals surface area contributed by atoms with Crippen molar-refractivity contribution in [3.8, 4) is 0 Å². The Bertz CT molecular complexity index is 730. The predicted octanol–water partition coefficient (Wildman–Crippen LogP) is 3.72. The lowest BCUT2D eigenvalue weighted by Gasteiger charge is -2.14. The van der Waals surface area contributed by atoms with Crippen molar-refractivity contribution >= 4 is 40.7 Å². The van der Waals surface area contributed by atoms with Gasteiger partial charge in [-0.25, -0.2) is 0 Å². The second-order valence-corrected chi connectivity index (χ2v) is 6.93. The number of nitrogens with one attached hydrogen (secondary N) is 3. The summed E-state index contributed by atoms with van der Waals surface area (Å²) in [4.78, 5) is 12.9. The van der Waals surface area contributed by atoms with E-state index in [2.05, 4.69) is 16.2 Å². The zero-order chi connectivity index (χ0) is 17.5. The van der Waals surface area contributed by atoms with Crippen LogP contribution in [0.5, 0.6) is 0 Å². The standard InChI is InChI=1S/C18H21N3OS2/c1-12-7-9-15(10-8-12)24-11-17(22)20-21-18(23)19-16-6-4-5-13(2)14(16)3/h4-10H,11H2,1-3H3,(H,20,22)(H2,19,21,23). The Labute approximate surface area is 152 Å². The second kappa shape index (κ2) is 8.70. The minimum atomic E-state index is -0.134. The highest BCUT2D eigenvalue weighted by Crippen LogP contribution is 2.18. The molecule has 0 saturated carbocycles. The van der Waals surface area contributed by atoms with Gasteiger partial charge in [-0.05, 0) is 62.3 Å². The average Bonchev–Trinajstić information content (AvgIpc) is 2.56. The van der Waals surface area contributed by atoms with E-state index < -0.39 is 0 Å². The summed E-state index contributed by atoms with van der Waals surface area (Å²) < 4.78 is 0. The summed E-state index contributed by atoms with van der Waals surface area (Å²) >= 11 is 6.69. The van der Waals surface area contributed by atoms with Crippen LogP contribution in [-0.4, -0.2) is 16.8 Å². The van der Waals surface area contributed by atoms with Crippen LogP contribution in [0.4, 0.5) is 5.69 Å². The van der Waals surface area contributed by atoms with Crippen LogP contribution >= 0.6 is 24.0 Å². The summed E-state index contributed by atoms with van der Waals surface area (Å²) in [5.41, 5.74) is 9.77. The first-order valence-corrected chi connectivity index (χ1v) is 8.96. The van der Waals surface area contributed by atoms with Gasteiger partial charge in [0, 0.05) is 10.6 Å². The number of benzene rings is 2. The molecule has 0 spiro atoms. The number of hydrogen-bond donors (Lipinski definition) is 3. The van der Waals surface area contributed by atoms with Crippen molar-refractivity contribution in [3.63, 3.8) is 0 Å². The lowest BCUT2D eigenvalue weighted by atomic mass is 10.1. The number of carbonyl (C=O) groups excluding carboxylic acids is 1. The van der Waals surface area contributed by atoms with Crippen molar-refractivity contribution in [1.82, 2.24) is 10.9 Å². The van der Waals surface area contributed by atoms with Crippen molar-refractivity contribution in [2.24, 2.45) is 0 Å². The number of carbonyl (C=O) groups is 1. The van der Waals surface area contributed by atoms with Gasteiger partial charge in [0.05, 0.1) is 5.75 Å². The quantitative estimate of drug-likeness (QED) is 0.441. The highest BCUT2D eigenvalue weighted by atomic mass is 32.2. The third-order valence-electron chi connectivity index (χ3n) is 3.56. The minimum absolute atomic E-state index is 0.134.